The number of hydrogen-bond acceptors (Lipinski definition) is 5. The quantitative estimate of drug-likeness (QED) is 0.309. The molecule has 2 aliphatic heterocycles. The molecule has 4 aromatic rings. The topological polar surface area (TPSA) is 67.7 Å². The number of carbonyl (C=O) groups is 2. The number of aromatic nitrogens is 2. The number of hydrogen-bond donors (Lipinski definition) is 0. The number of benzene rings is 3. The third-order valence-corrected chi connectivity index (χ3v) is 8.91. The van der Waals surface area contributed by atoms with Crippen LogP contribution >= 0.6 is 11.8 Å². The zero-order valence-corrected chi connectivity index (χ0v) is 23.6. The lowest BCUT2D eigenvalue weighted by molar-refractivity contribution is -0.130. The highest BCUT2D eigenvalue weighted by Gasteiger charge is 2.38. The summed E-state index contributed by atoms with van der Waals surface area (Å²) in [5.41, 5.74) is 5.80. The van der Waals surface area contributed by atoms with E-state index in [1.807, 2.05) is 76.3 Å². The first-order valence-corrected chi connectivity index (χ1v) is 14.7. The van der Waals surface area contributed by atoms with Crippen molar-refractivity contribution in [3.8, 4) is 22.7 Å². The molecule has 0 bridgehead atoms. The van der Waals surface area contributed by atoms with E-state index in [0.717, 1.165) is 65.3 Å². The molecule has 0 N–H and O–H groups in total. The Balaban J connectivity index is 1.60. The molecule has 0 spiro atoms. The molecule has 6 rings (SSSR count). The van der Waals surface area contributed by atoms with Gasteiger partial charge >= 0.3 is 0 Å². The molecule has 3 heterocycles. The van der Waals surface area contributed by atoms with Gasteiger partial charge in [-0.25, -0.2) is 4.68 Å². The van der Waals surface area contributed by atoms with Gasteiger partial charge in [-0.05, 0) is 55.2 Å². The second kappa shape index (κ2) is 11.2. The van der Waals surface area contributed by atoms with Crippen molar-refractivity contribution in [2.24, 2.45) is 0 Å². The van der Waals surface area contributed by atoms with Crippen molar-refractivity contribution < 1.29 is 14.3 Å². The van der Waals surface area contributed by atoms with Gasteiger partial charge in [-0.1, -0.05) is 54.6 Å². The minimum Gasteiger partial charge on any atom is -0.497 e. The van der Waals surface area contributed by atoms with Crippen LogP contribution in [0, 0.1) is 6.92 Å². The third-order valence-electron chi connectivity index (χ3n) is 7.68. The summed E-state index contributed by atoms with van der Waals surface area (Å²) in [7, 11) is 1.64. The molecule has 40 heavy (non-hydrogen) atoms. The Labute approximate surface area is 238 Å². The van der Waals surface area contributed by atoms with Gasteiger partial charge in [-0.3, -0.25) is 14.5 Å². The lowest BCUT2D eigenvalue weighted by Gasteiger charge is -2.25. The smallest absolute Gasteiger partial charge is 0.242 e. The predicted molar refractivity (Wildman–Crippen MR) is 159 cm³/mol. The first-order valence-electron chi connectivity index (χ1n) is 13.6. The number of amides is 2. The Morgan fingerprint density at radius 3 is 2.38 bits per heavy atom. The maximum absolute atomic E-state index is 13.9. The molecule has 1 aromatic heterocycles. The highest BCUT2D eigenvalue weighted by molar-refractivity contribution is 8.00. The van der Waals surface area contributed by atoms with Gasteiger partial charge in [0.05, 0.1) is 29.5 Å². The van der Waals surface area contributed by atoms with Crippen molar-refractivity contribution in [1.82, 2.24) is 14.7 Å². The molecule has 8 heteroatoms. The summed E-state index contributed by atoms with van der Waals surface area (Å²) in [6.07, 6.45) is 2.00. The normalized spacial score (nSPS) is 17.1. The Morgan fingerprint density at radius 1 is 0.975 bits per heavy atom. The van der Waals surface area contributed by atoms with Gasteiger partial charge in [0.1, 0.15) is 18.1 Å². The summed E-state index contributed by atoms with van der Waals surface area (Å²) in [6, 6.07) is 26.0. The summed E-state index contributed by atoms with van der Waals surface area (Å²) in [5.74, 6) is 1.53. The van der Waals surface area contributed by atoms with Crippen molar-refractivity contribution in [3.63, 3.8) is 0 Å². The minimum atomic E-state index is -0.144. The average molecular weight is 553 g/mol. The van der Waals surface area contributed by atoms with Crippen LogP contribution in [0.4, 0.5) is 5.82 Å². The summed E-state index contributed by atoms with van der Waals surface area (Å²) >= 11 is 1.60. The Morgan fingerprint density at radius 2 is 1.68 bits per heavy atom. The zero-order chi connectivity index (χ0) is 27.6. The fourth-order valence-electron chi connectivity index (χ4n) is 5.56. The highest BCUT2D eigenvalue weighted by atomic mass is 32.2. The number of thioether (sulfide) groups is 1. The van der Waals surface area contributed by atoms with Crippen molar-refractivity contribution >= 4 is 29.4 Å². The van der Waals surface area contributed by atoms with Crippen LogP contribution in [0.3, 0.4) is 0 Å². The number of rotatable bonds is 6. The van der Waals surface area contributed by atoms with E-state index in [0.29, 0.717) is 5.82 Å². The molecule has 2 amide bonds. The molecule has 1 unspecified atom stereocenters. The second-order valence-electron chi connectivity index (χ2n) is 10.2. The number of ether oxygens (including phenoxy) is 1. The molecule has 0 saturated carbocycles. The lowest BCUT2D eigenvalue weighted by atomic mass is 9.97. The number of nitrogens with zero attached hydrogens (tertiary/aromatic N) is 4. The molecule has 2 aliphatic rings. The monoisotopic (exact) mass is 552 g/mol. The van der Waals surface area contributed by atoms with E-state index in [2.05, 4.69) is 19.1 Å². The molecule has 204 valence electrons. The highest BCUT2D eigenvalue weighted by Crippen LogP contribution is 2.49. The zero-order valence-electron chi connectivity index (χ0n) is 22.7. The number of likely N-dealkylation sites (tertiary alicyclic amines) is 1. The van der Waals surface area contributed by atoms with E-state index in [9.17, 15) is 9.59 Å². The van der Waals surface area contributed by atoms with E-state index in [-0.39, 0.29) is 29.4 Å². The minimum absolute atomic E-state index is 0.0109. The van der Waals surface area contributed by atoms with E-state index >= 15 is 0 Å². The molecule has 1 atom stereocenters. The second-order valence-corrected chi connectivity index (χ2v) is 11.3. The van der Waals surface area contributed by atoms with E-state index < -0.39 is 0 Å². The van der Waals surface area contributed by atoms with E-state index in [4.69, 9.17) is 9.84 Å². The fourth-order valence-corrected chi connectivity index (χ4v) is 6.85. The first-order chi connectivity index (χ1) is 19.5. The van der Waals surface area contributed by atoms with Crippen LogP contribution in [0.25, 0.3) is 16.9 Å². The third kappa shape index (κ3) is 4.88. The van der Waals surface area contributed by atoms with Gasteiger partial charge in [-0.2, -0.15) is 5.10 Å². The van der Waals surface area contributed by atoms with Crippen molar-refractivity contribution in [2.45, 2.75) is 25.0 Å². The maximum Gasteiger partial charge on any atom is 0.242 e. The molecule has 0 radical (unpaired) electrons. The van der Waals surface area contributed by atoms with Gasteiger partial charge in [0, 0.05) is 24.2 Å². The van der Waals surface area contributed by atoms with Crippen LogP contribution in [0.15, 0.2) is 78.9 Å². The largest absolute Gasteiger partial charge is 0.497 e. The Bertz CT molecular complexity index is 1530. The standard InChI is InChI=1S/C32H32N4O3S/c1-22-10-6-7-13-26(22)31-29-30(23-11-4-3-5-12-23)33-36(24-14-16-25(39-2)17-15-24)32(29)35(28(38)21-40-31)20-27(37)34-18-8-9-19-34/h3-7,10-17,31H,8-9,18-21H2,1-2H3. The van der Waals surface area contributed by atoms with Crippen molar-refractivity contribution in [3.05, 3.63) is 95.6 Å². The molecular formula is C32H32N4O3S. The van der Waals surface area contributed by atoms with Crippen LogP contribution in [0.1, 0.15) is 34.8 Å². The predicted octanol–water partition coefficient (Wildman–Crippen LogP) is 5.65. The van der Waals surface area contributed by atoms with Crippen LogP contribution in [0.2, 0.25) is 0 Å². The molecule has 0 aliphatic carbocycles. The summed E-state index contributed by atoms with van der Waals surface area (Å²) in [5, 5.41) is 5.02. The van der Waals surface area contributed by atoms with E-state index in [1.165, 1.54) is 0 Å². The summed E-state index contributed by atoms with van der Waals surface area (Å²) < 4.78 is 7.24. The van der Waals surface area contributed by atoms with Gasteiger partial charge in [0.2, 0.25) is 11.8 Å². The molecule has 1 saturated heterocycles. The van der Waals surface area contributed by atoms with Gasteiger partial charge < -0.3 is 9.64 Å². The van der Waals surface area contributed by atoms with Crippen LogP contribution in [-0.2, 0) is 9.59 Å². The van der Waals surface area contributed by atoms with Crippen LogP contribution < -0.4 is 9.64 Å². The van der Waals surface area contributed by atoms with Crippen molar-refractivity contribution in [2.75, 3.05) is 37.4 Å². The fraction of sp³-hybridized carbons (Fsp3) is 0.281. The number of anilines is 1. The first kappa shape index (κ1) is 26.2. The number of methoxy groups -OCH3 is 1. The van der Waals surface area contributed by atoms with Gasteiger partial charge in [0.25, 0.3) is 0 Å². The number of aryl methyl sites for hydroxylation is 1. The average Bonchev–Trinajstić information content (AvgIpc) is 3.64. The number of carbonyl (C=O) groups excluding carboxylic acids is 2. The molecule has 1 fully saturated rings. The van der Waals surface area contributed by atoms with E-state index in [1.54, 1.807) is 23.8 Å². The summed E-state index contributed by atoms with van der Waals surface area (Å²) in [6.45, 7) is 3.57. The molecule has 7 nitrogen and oxygen atoms in total. The van der Waals surface area contributed by atoms with Crippen LogP contribution in [0.5, 0.6) is 5.75 Å². The van der Waals surface area contributed by atoms with Gasteiger partial charge in [0.15, 0.2) is 0 Å². The van der Waals surface area contributed by atoms with Crippen LogP contribution in [-0.4, -0.2) is 59.0 Å². The SMILES string of the molecule is COc1ccc(-n2nc(-c3ccccc3)c3c2N(CC(=O)N2CCCC2)C(=O)CSC3c2ccccc2C)cc1. The Kier molecular flexibility index (Phi) is 7.34. The summed E-state index contributed by atoms with van der Waals surface area (Å²) in [4.78, 5) is 30.9. The van der Waals surface area contributed by atoms with Gasteiger partial charge in [-0.15, -0.1) is 11.8 Å². The number of fused-ring (bicyclic) bond motifs is 1. The van der Waals surface area contributed by atoms with Crippen molar-refractivity contribution in [1.29, 1.82) is 0 Å². The lowest BCUT2D eigenvalue weighted by Crippen LogP contribution is -2.43. The Hall–Kier alpha value is -4.04. The maximum atomic E-state index is 13.9. The molecule has 3 aromatic carbocycles. The molecular weight excluding hydrogens is 520 g/mol.